The minimum absolute atomic E-state index is 0.0870. The summed E-state index contributed by atoms with van der Waals surface area (Å²) in [7, 11) is -3.88. The molecule has 1 aliphatic heterocycles. The Hall–Kier alpha value is -1.77. The van der Waals surface area contributed by atoms with Crippen LogP contribution in [0.4, 0.5) is 4.39 Å². The van der Waals surface area contributed by atoms with Gasteiger partial charge in [-0.25, -0.2) is 12.8 Å². The molecule has 1 aliphatic rings. The molecule has 0 radical (unpaired) electrons. The minimum atomic E-state index is -3.88. The van der Waals surface area contributed by atoms with Gasteiger partial charge in [-0.1, -0.05) is 12.1 Å². The number of carbonyl (C=O) groups excluding carboxylic acids is 1. The fourth-order valence-corrected chi connectivity index (χ4v) is 4.95. The minimum Gasteiger partial charge on any atom is -0.335 e. The highest BCUT2D eigenvalue weighted by atomic mass is 32.2. The molecule has 2 aromatic rings. The van der Waals surface area contributed by atoms with E-state index in [2.05, 4.69) is 0 Å². The molecule has 128 valence electrons. The average molecular weight is 368 g/mol. The Kier molecular flexibility index (Phi) is 4.71. The molecule has 1 fully saturated rings. The fraction of sp³-hybridized carbons (Fsp3) is 0.312. The average Bonchev–Trinajstić information content (AvgIpc) is 3.01. The molecule has 1 aromatic carbocycles. The zero-order valence-corrected chi connectivity index (χ0v) is 14.7. The number of amides is 1. The Labute approximate surface area is 144 Å². The summed E-state index contributed by atoms with van der Waals surface area (Å²) < 4.78 is 40.1. The lowest BCUT2D eigenvalue weighted by Crippen LogP contribution is -2.50. The third kappa shape index (κ3) is 3.22. The molecular formula is C16H17FN2O3S2. The molecule has 0 unspecified atom stereocenters. The zero-order valence-electron chi connectivity index (χ0n) is 13.1. The third-order valence-corrected chi connectivity index (χ3v) is 6.85. The van der Waals surface area contributed by atoms with Crippen molar-refractivity contribution in [3.05, 3.63) is 52.0 Å². The lowest BCUT2D eigenvalue weighted by molar-refractivity contribution is 0.0702. The van der Waals surface area contributed by atoms with Crippen molar-refractivity contribution in [1.82, 2.24) is 9.21 Å². The highest BCUT2D eigenvalue weighted by Gasteiger charge is 2.32. The van der Waals surface area contributed by atoms with Crippen LogP contribution in [0, 0.1) is 12.7 Å². The lowest BCUT2D eigenvalue weighted by Gasteiger charge is -2.33. The number of hydrogen-bond acceptors (Lipinski definition) is 4. The van der Waals surface area contributed by atoms with Crippen molar-refractivity contribution in [2.45, 2.75) is 11.8 Å². The van der Waals surface area contributed by atoms with E-state index in [1.54, 1.807) is 11.0 Å². The number of carbonyl (C=O) groups is 1. The van der Waals surface area contributed by atoms with E-state index in [0.717, 1.165) is 10.9 Å². The standard InChI is InChI=1S/C16H17FN2O3S2/c1-12-6-7-14(23-12)16(20)18-8-10-19(11-9-18)24(21,22)15-5-3-2-4-13(15)17/h2-7H,8-11H2,1H3. The summed E-state index contributed by atoms with van der Waals surface area (Å²) in [6, 6.07) is 9.01. The molecule has 0 atom stereocenters. The third-order valence-electron chi connectivity index (χ3n) is 3.93. The van der Waals surface area contributed by atoms with Crippen molar-refractivity contribution >= 4 is 27.3 Å². The van der Waals surface area contributed by atoms with Crippen LogP contribution < -0.4 is 0 Å². The molecule has 24 heavy (non-hydrogen) atoms. The van der Waals surface area contributed by atoms with Gasteiger partial charge in [0.15, 0.2) is 0 Å². The Balaban J connectivity index is 1.71. The largest absolute Gasteiger partial charge is 0.335 e. The molecular weight excluding hydrogens is 351 g/mol. The van der Waals surface area contributed by atoms with E-state index in [1.165, 1.54) is 33.8 Å². The van der Waals surface area contributed by atoms with Crippen molar-refractivity contribution in [2.75, 3.05) is 26.2 Å². The first-order valence-electron chi connectivity index (χ1n) is 7.50. The smallest absolute Gasteiger partial charge is 0.264 e. The van der Waals surface area contributed by atoms with E-state index in [-0.39, 0.29) is 23.9 Å². The molecule has 1 aromatic heterocycles. The van der Waals surface area contributed by atoms with Crippen LogP contribution in [0.2, 0.25) is 0 Å². The summed E-state index contributed by atoms with van der Waals surface area (Å²) >= 11 is 1.42. The number of halogens is 1. The topological polar surface area (TPSA) is 57.7 Å². The highest BCUT2D eigenvalue weighted by Crippen LogP contribution is 2.22. The van der Waals surface area contributed by atoms with Gasteiger partial charge in [-0.3, -0.25) is 4.79 Å². The van der Waals surface area contributed by atoms with E-state index >= 15 is 0 Å². The van der Waals surface area contributed by atoms with Gasteiger partial charge in [0, 0.05) is 31.1 Å². The molecule has 2 heterocycles. The second kappa shape index (κ2) is 6.62. The van der Waals surface area contributed by atoms with Crippen LogP contribution in [-0.2, 0) is 10.0 Å². The number of rotatable bonds is 3. The second-order valence-corrected chi connectivity index (χ2v) is 8.73. The van der Waals surface area contributed by atoms with Crippen molar-refractivity contribution in [3.63, 3.8) is 0 Å². The summed E-state index contributed by atoms with van der Waals surface area (Å²) in [6.45, 7) is 2.84. The predicted octanol–water partition coefficient (Wildman–Crippen LogP) is 2.34. The molecule has 0 bridgehead atoms. The first-order valence-corrected chi connectivity index (χ1v) is 9.75. The van der Waals surface area contributed by atoms with Crippen molar-refractivity contribution in [2.24, 2.45) is 0 Å². The van der Waals surface area contributed by atoms with Gasteiger partial charge < -0.3 is 4.90 Å². The fourth-order valence-electron chi connectivity index (χ4n) is 2.63. The van der Waals surface area contributed by atoms with Crippen molar-refractivity contribution in [3.8, 4) is 0 Å². The van der Waals surface area contributed by atoms with Crippen molar-refractivity contribution in [1.29, 1.82) is 0 Å². The Morgan fingerprint density at radius 1 is 1.08 bits per heavy atom. The quantitative estimate of drug-likeness (QED) is 0.836. The number of hydrogen-bond donors (Lipinski definition) is 0. The Morgan fingerprint density at radius 3 is 2.33 bits per heavy atom. The van der Waals surface area contributed by atoms with Gasteiger partial charge in [0.25, 0.3) is 5.91 Å². The maximum absolute atomic E-state index is 13.8. The normalized spacial score (nSPS) is 16.3. The maximum atomic E-state index is 13.8. The van der Waals surface area contributed by atoms with Crippen LogP contribution in [0.25, 0.3) is 0 Å². The first kappa shape index (κ1) is 17.1. The maximum Gasteiger partial charge on any atom is 0.264 e. The number of sulfonamides is 1. The van der Waals surface area contributed by atoms with Crippen molar-refractivity contribution < 1.29 is 17.6 Å². The summed E-state index contributed by atoms with van der Waals surface area (Å²) in [5.41, 5.74) is 0. The number of benzene rings is 1. The number of aryl methyl sites for hydroxylation is 1. The molecule has 8 heteroatoms. The zero-order chi connectivity index (χ0) is 17.3. The second-order valence-electron chi connectivity index (χ2n) is 5.54. The van der Waals surface area contributed by atoms with Crippen LogP contribution in [-0.4, -0.2) is 49.7 Å². The number of piperazine rings is 1. The SMILES string of the molecule is Cc1ccc(C(=O)N2CCN(S(=O)(=O)c3ccccc3F)CC2)s1. The number of nitrogens with zero attached hydrogens (tertiary/aromatic N) is 2. The van der Waals surface area contributed by atoms with Crippen LogP contribution in [0.1, 0.15) is 14.5 Å². The monoisotopic (exact) mass is 368 g/mol. The van der Waals surface area contributed by atoms with E-state index < -0.39 is 15.8 Å². The van der Waals surface area contributed by atoms with E-state index in [1.807, 2.05) is 13.0 Å². The van der Waals surface area contributed by atoms with Crippen LogP contribution >= 0.6 is 11.3 Å². The van der Waals surface area contributed by atoms with Gasteiger partial charge in [0.2, 0.25) is 10.0 Å². The van der Waals surface area contributed by atoms with Crippen LogP contribution in [0.5, 0.6) is 0 Å². The van der Waals surface area contributed by atoms with Crippen LogP contribution in [0.3, 0.4) is 0 Å². The molecule has 1 saturated heterocycles. The van der Waals surface area contributed by atoms with Gasteiger partial charge in [0.1, 0.15) is 10.7 Å². The number of thiophene rings is 1. The first-order chi connectivity index (χ1) is 11.4. The van der Waals surface area contributed by atoms with Gasteiger partial charge in [0.05, 0.1) is 4.88 Å². The predicted molar refractivity (Wildman–Crippen MR) is 90.1 cm³/mol. The molecule has 0 aliphatic carbocycles. The summed E-state index contributed by atoms with van der Waals surface area (Å²) in [5.74, 6) is -0.846. The molecule has 5 nitrogen and oxygen atoms in total. The highest BCUT2D eigenvalue weighted by molar-refractivity contribution is 7.89. The van der Waals surface area contributed by atoms with E-state index in [4.69, 9.17) is 0 Å². The van der Waals surface area contributed by atoms with Gasteiger partial charge >= 0.3 is 0 Å². The van der Waals surface area contributed by atoms with E-state index in [9.17, 15) is 17.6 Å². The summed E-state index contributed by atoms with van der Waals surface area (Å²) in [5, 5.41) is 0. The lowest BCUT2D eigenvalue weighted by atomic mass is 10.3. The molecule has 3 rings (SSSR count). The molecule has 1 amide bonds. The summed E-state index contributed by atoms with van der Waals surface area (Å²) in [4.78, 5) is 15.4. The molecule has 0 saturated carbocycles. The van der Waals surface area contributed by atoms with Gasteiger partial charge in [-0.05, 0) is 31.2 Å². The van der Waals surface area contributed by atoms with Gasteiger partial charge in [-0.15, -0.1) is 11.3 Å². The molecule has 0 N–H and O–H groups in total. The molecule has 0 spiro atoms. The Morgan fingerprint density at radius 2 is 1.75 bits per heavy atom. The van der Waals surface area contributed by atoms with E-state index in [0.29, 0.717) is 18.0 Å². The van der Waals surface area contributed by atoms with Crippen LogP contribution in [0.15, 0.2) is 41.3 Å². The summed E-state index contributed by atoms with van der Waals surface area (Å²) in [6.07, 6.45) is 0. The van der Waals surface area contributed by atoms with Gasteiger partial charge in [-0.2, -0.15) is 4.31 Å². The Bertz CT molecular complexity index is 856.